The zero-order chi connectivity index (χ0) is 14.4. The van der Waals surface area contributed by atoms with Crippen LogP contribution in [0.1, 0.15) is 18.1 Å². The predicted octanol–water partition coefficient (Wildman–Crippen LogP) is 2.79. The van der Waals surface area contributed by atoms with Gasteiger partial charge in [-0.15, -0.1) is 0 Å². The maximum Gasteiger partial charge on any atom is 0.170 e. The Morgan fingerprint density at radius 1 is 1.15 bits per heavy atom. The zero-order valence-electron chi connectivity index (χ0n) is 11.4. The van der Waals surface area contributed by atoms with E-state index in [1.807, 2.05) is 37.3 Å². The van der Waals surface area contributed by atoms with Crippen LogP contribution in [0.5, 0.6) is 5.75 Å². The molecular weight excluding hydrogens is 252 g/mol. The van der Waals surface area contributed by atoms with Crippen LogP contribution in [0.3, 0.4) is 0 Å². The molecule has 0 radical (unpaired) electrons. The van der Waals surface area contributed by atoms with E-state index in [9.17, 15) is 0 Å². The third-order valence-electron chi connectivity index (χ3n) is 2.96. The maximum atomic E-state index is 8.60. The van der Waals surface area contributed by atoms with E-state index in [-0.39, 0.29) is 11.9 Å². The Labute approximate surface area is 118 Å². The number of nitrogens with zero attached hydrogens (tertiary/aromatic N) is 1. The van der Waals surface area contributed by atoms with Crippen molar-refractivity contribution in [2.45, 2.75) is 19.4 Å². The minimum Gasteiger partial charge on any atom is -0.490 e. The van der Waals surface area contributed by atoms with Crippen molar-refractivity contribution in [1.29, 1.82) is 0 Å². The molecule has 2 rings (SSSR count). The number of benzene rings is 2. The van der Waals surface area contributed by atoms with E-state index < -0.39 is 0 Å². The molecule has 104 valence electrons. The summed E-state index contributed by atoms with van der Waals surface area (Å²) in [5.41, 5.74) is 7.41. The molecule has 2 aromatic carbocycles. The van der Waals surface area contributed by atoms with Gasteiger partial charge < -0.3 is 15.7 Å². The molecule has 0 saturated heterocycles. The van der Waals surface area contributed by atoms with Gasteiger partial charge in [0.05, 0.1) is 6.10 Å². The van der Waals surface area contributed by atoms with E-state index in [0.29, 0.717) is 5.56 Å². The fraction of sp³-hybridized carbons (Fsp3) is 0.188. The first-order valence-electron chi connectivity index (χ1n) is 6.47. The van der Waals surface area contributed by atoms with Crippen LogP contribution < -0.4 is 10.5 Å². The number of oxime groups is 1. The van der Waals surface area contributed by atoms with Gasteiger partial charge in [0.2, 0.25) is 0 Å². The van der Waals surface area contributed by atoms with Gasteiger partial charge in [0.1, 0.15) is 5.75 Å². The van der Waals surface area contributed by atoms with Crippen molar-refractivity contribution >= 4 is 5.84 Å². The smallest absolute Gasteiger partial charge is 0.170 e. The lowest BCUT2D eigenvalue weighted by Gasteiger charge is -2.15. The van der Waals surface area contributed by atoms with Gasteiger partial charge in [0.15, 0.2) is 5.84 Å². The molecule has 1 atom stereocenters. The van der Waals surface area contributed by atoms with Gasteiger partial charge in [-0.1, -0.05) is 35.5 Å². The number of ether oxygens (including phenoxy) is 1. The molecule has 0 fully saturated rings. The van der Waals surface area contributed by atoms with E-state index in [4.69, 9.17) is 15.7 Å². The molecule has 0 aliphatic heterocycles. The van der Waals surface area contributed by atoms with Crippen LogP contribution in [0.25, 0.3) is 0 Å². The molecule has 0 saturated carbocycles. The van der Waals surface area contributed by atoms with E-state index >= 15 is 0 Å². The van der Waals surface area contributed by atoms with Gasteiger partial charge in [-0.3, -0.25) is 0 Å². The first-order valence-corrected chi connectivity index (χ1v) is 6.47. The Kier molecular flexibility index (Phi) is 4.60. The standard InChI is InChI=1S/C16H18N2O2/c1-12(11-13-5-3-2-4-6-13)20-15-9-7-14(8-10-15)16(17)18-19/h2-10,12,19H,11H2,1H3,(H2,17,18)/t12-/m1/s1. The molecule has 0 aromatic heterocycles. The topological polar surface area (TPSA) is 67.8 Å². The Morgan fingerprint density at radius 2 is 1.80 bits per heavy atom. The monoisotopic (exact) mass is 270 g/mol. The number of amidine groups is 1. The molecule has 0 bridgehead atoms. The number of hydrogen-bond acceptors (Lipinski definition) is 3. The van der Waals surface area contributed by atoms with E-state index in [2.05, 4.69) is 17.3 Å². The van der Waals surface area contributed by atoms with Crippen LogP contribution in [-0.4, -0.2) is 17.1 Å². The largest absolute Gasteiger partial charge is 0.490 e. The number of hydrogen-bond donors (Lipinski definition) is 2. The van der Waals surface area contributed by atoms with E-state index in [1.165, 1.54) is 5.56 Å². The summed E-state index contributed by atoms with van der Waals surface area (Å²) >= 11 is 0. The highest BCUT2D eigenvalue weighted by Crippen LogP contribution is 2.15. The Hall–Kier alpha value is -2.49. The summed E-state index contributed by atoms with van der Waals surface area (Å²) in [5.74, 6) is 0.858. The minimum atomic E-state index is 0.0760. The van der Waals surface area contributed by atoms with Crippen molar-refractivity contribution in [1.82, 2.24) is 0 Å². The van der Waals surface area contributed by atoms with Gasteiger partial charge in [0, 0.05) is 12.0 Å². The third kappa shape index (κ3) is 3.75. The quantitative estimate of drug-likeness (QED) is 0.380. The van der Waals surface area contributed by atoms with E-state index in [1.54, 1.807) is 12.1 Å². The van der Waals surface area contributed by atoms with Crippen LogP contribution in [0, 0.1) is 0 Å². The third-order valence-corrected chi connectivity index (χ3v) is 2.96. The highest BCUT2D eigenvalue weighted by atomic mass is 16.5. The van der Waals surface area contributed by atoms with E-state index in [0.717, 1.165) is 12.2 Å². The fourth-order valence-corrected chi connectivity index (χ4v) is 1.98. The minimum absolute atomic E-state index is 0.0760. The highest BCUT2D eigenvalue weighted by Gasteiger charge is 2.06. The summed E-state index contributed by atoms with van der Waals surface area (Å²) in [6.07, 6.45) is 0.926. The lowest BCUT2D eigenvalue weighted by molar-refractivity contribution is 0.222. The molecule has 0 unspecified atom stereocenters. The average Bonchev–Trinajstić information content (AvgIpc) is 2.48. The second kappa shape index (κ2) is 6.61. The zero-order valence-corrected chi connectivity index (χ0v) is 11.4. The normalized spacial score (nSPS) is 12.9. The molecule has 0 heterocycles. The molecule has 2 aromatic rings. The summed E-state index contributed by atoms with van der Waals surface area (Å²) in [4.78, 5) is 0. The summed E-state index contributed by atoms with van der Waals surface area (Å²) < 4.78 is 5.84. The number of rotatable bonds is 5. The summed E-state index contributed by atoms with van der Waals surface area (Å²) in [6.45, 7) is 2.03. The van der Waals surface area contributed by atoms with Gasteiger partial charge in [-0.05, 0) is 36.8 Å². The first-order chi connectivity index (χ1) is 9.69. The molecule has 4 nitrogen and oxygen atoms in total. The van der Waals surface area contributed by atoms with Gasteiger partial charge in [-0.25, -0.2) is 0 Å². The average molecular weight is 270 g/mol. The Bertz CT molecular complexity index is 565. The van der Waals surface area contributed by atoms with Crippen molar-refractivity contribution < 1.29 is 9.94 Å². The first kappa shape index (κ1) is 13.9. The number of nitrogens with two attached hydrogens (primary N) is 1. The highest BCUT2D eigenvalue weighted by molar-refractivity contribution is 5.97. The second-order valence-electron chi connectivity index (χ2n) is 4.63. The Balaban J connectivity index is 1.96. The molecule has 0 aliphatic rings. The van der Waals surface area contributed by atoms with Crippen LogP contribution in [0.2, 0.25) is 0 Å². The van der Waals surface area contributed by atoms with Crippen LogP contribution in [0.4, 0.5) is 0 Å². The fourth-order valence-electron chi connectivity index (χ4n) is 1.98. The van der Waals surface area contributed by atoms with Gasteiger partial charge in [-0.2, -0.15) is 0 Å². The second-order valence-corrected chi connectivity index (χ2v) is 4.63. The van der Waals surface area contributed by atoms with Crippen molar-refractivity contribution in [3.05, 3.63) is 65.7 Å². The molecule has 20 heavy (non-hydrogen) atoms. The molecular formula is C16H18N2O2. The van der Waals surface area contributed by atoms with Crippen molar-refractivity contribution in [3.8, 4) is 5.75 Å². The van der Waals surface area contributed by atoms with Crippen molar-refractivity contribution in [2.24, 2.45) is 10.9 Å². The van der Waals surface area contributed by atoms with Crippen molar-refractivity contribution in [3.63, 3.8) is 0 Å². The van der Waals surface area contributed by atoms with Crippen molar-refractivity contribution in [2.75, 3.05) is 0 Å². The SMILES string of the molecule is C[C@H](Cc1ccccc1)Oc1ccc(/C(N)=N/O)cc1. The van der Waals surface area contributed by atoms with Gasteiger partial charge >= 0.3 is 0 Å². The maximum absolute atomic E-state index is 8.60. The Morgan fingerprint density at radius 3 is 2.40 bits per heavy atom. The molecule has 0 spiro atoms. The van der Waals surface area contributed by atoms with Gasteiger partial charge in [0.25, 0.3) is 0 Å². The molecule has 0 aliphatic carbocycles. The summed E-state index contributed by atoms with van der Waals surface area (Å²) in [7, 11) is 0. The van der Waals surface area contributed by atoms with Crippen LogP contribution in [0.15, 0.2) is 59.8 Å². The molecule has 0 amide bonds. The predicted molar refractivity (Wildman–Crippen MR) is 79.2 cm³/mol. The lowest BCUT2D eigenvalue weighted by atomic mass is 10.1. The lowest BCUT2D eigenvalue weighted by Crippen LogP contribution is -2.16. The molecule has 4 heteroatoms. The summed E-state index contributed by atoms with van der Waals surface area (Å²) in [6, 6.07) is 17.4. The molecule has 3 N–H and O–H groups in total. The van der Waals surface area contributed by atoms with Crippen LogP contribution in [-0.2, 0) is 6.42 Å². The summed E-state index contributed by atoms with van der Waals surface area (Å²) in [5, 5.41) is 11.6. The van der Waals surface area contributed by atoms with Crippen LogP contribution >= 0.6 is 0 Å².